The van der Waals surface area contributed by atoms with Crippen LogP contribution in [0.5, 0.6) is 0 Å². The molecular formula is C17H28N2. The fourth-order valence-electron chi connectivity index (χ4n) is 2.64. The molecule has 1 aliphatic heterocycles. The molecule has 1 aromatic carbocycles. The van der Waals surface area contributed by atoms with Crippen LogP contribution in [0.3, 0.4) is 0 Å². The first-order chi connectivity index (χ1) is 8.92. The summed E-state index contributed by atoms with van der Waals surface area (Å²) >= 11 is 0. The second-order valence-corrected chi connectivity index (χ2v) is 7.13. The van der Waals surface area contributed by atoms with Crippen LogP contribution in [0.15, 0.2) is 24.3 Å². The van der Waals surface area contributed by atoms with Crippen LogP contribution in [-0.4, -0.2) is 43.0 Å². The standard InChI is InChI=1S/C17H28N2/c1-17(2,3)13-15-5-7-16(8-6-15)14-19-11-9-18(4)10-12-19/h5-8H,9-14H2,1-4H3. The van der Waals surface area contributed by atoms with E-state index in [2.05, 4.69) is 61.9 Å². The van der Waals surface area contributed by atoms with E-state index >= 15 is 0 Å². The van der Waals surface area contributed by atoms with Crippen LogP contribution in [0.25, 0.3) is 0 Å². The summed E-state index contributed by atoms with van der Waals surface area (Å²) in [6.45, 7) is 12.8. The Balaban J connectivity index is 1.88. The van der Waals surface area contributed by atoms with Gasteiger partial charge in [-0.25, -0.2) is 0 Å². The average molecular weight is 260 g/mol. The molecule has 1 aliphatic rings. The molecule has 1 fully saturated rings. The van der Waals surface area contributed by atoms with Gasteiger partial charge < -0.3 is 4.90 Å². The van der Waals surface area contributed by atoms with E-state index in [0.717, 1.165) is 13.0 Å². The molecular weight excluding hydrogens is 232 g/mol. The van der Waals surface area contributed by atoms with E-state index in [-0.39, 0.29) is 0 Å². The molecule has 1 aromatic rings. The maximum atomic E-state index is 2.55. The van der Waals surface area contributed by atoms with E-state index in [9.17, 15) is 0 Å². The van der Waals surface area contributed by atoms with Crippen LogP contribution in [0, 0.1) is 5.41 Å². The lowest BCUT2D eigenvalue weighted by Crippen LogP contribution is -2.43. The molecule has 0 radical (unpaired) electrons. The Hall–Kier alpha value is -0.860. The predicted molar refractivity (Wildman–Crippen MR) is 82.4 cm³/mol. The smallest absolute Gasteiger partial charge is 0.0234 e. The Morgan fingerprint density at radius 1 is 0.895 bits per heavy atom. The van der Waals surface area contributed by atoms with Crippen LogP contribution in [0.1, 0.15) is 31.9 Å². The Kier molecular flexibility index (Phi) is 4.64. The Bertz CT molecular complexity index is 381. The minimum atomic E-state index is 0.374. The van der Waals surface area contributed by atoms with E-state index in [1.165, 1.54) is 37.3 Å². The molecule has 0 bridgehead atoms. The molecule has 2 heteroatoms. The normalized spacial score (nSPS) is 18.7. The number of hydrogen-bond donors (Lipinski definition) is 0. The van der Waals surface area contributed by atoms with Crippen molar-refractivity contribution in [2.24, 2.45) is 5.41 Å². The van der Waals surface area contributed by atoms with Crippen LogP contribution < -0.4 is 0 Å². The van der Waals surface area contributed by atoms with Crippen molar-refractivity contribution in [3.8, 4) is 0 Å². The van der Waals surface area contributed by atoms with Gasteiger partial charge in [-0.05, 0) is 30.0 Å². The lowest BCUT2D eigenvalue weighted by Gasteiger charge is -2.32. The monoisotopic (exact) mass is 260 g/mol. The van der Waals surface area contributed by atoms with Crippen molar-refractivity contribution in [1.82, 2.24) is 9.80 Å². The number of likely N-dealkylation sites (N-methyl/N-ethyl adjacent to an activating group) is 1. The van der Waals surface area contributed by atoms with E-state index < -0.39 is 0 Å². The summed E-state index contributed by atoms with van der Waals surface area (Å²) in [7, 11) is 2.21. The molecule has 0 atom stereocenters. The van der Waals surface area contributed by atoms with Crippen molar-refractivity contribution in [2.45, 2.75) is 33.7 Å². The van der Waals surface area contributed by atoms with Gasteiger partial charge in [-0.15, -0.1) is 0 Å². The van der Waals surface area contributed by atoms with Gasteiger partial charge in [0.25, 0.3) is 0 Å². The number of piperazine rings is 1. The van der Waals surface area contributed by atoms with Gasteiger partial charge in [0.15, 0.2) is 0 Å². The molecule has 106 valence electrons. The zero-order chi connectivity index (χ0) is 13.9. The van der Waals surface area contributed by atoms with Gasteiger partial charge in [0.1, 0.15) is 0 Å². The van der Waals surface area contributed by atoms with Gasteiger partial charge >= 0.3 is 0 Å². The minimum Gasteiger partial charge on any atom is -0.304 e. The third kappa shape index (κ3) is 4.96. The van der Waals surface area contributed by atoms with Gasteiger partial charge in [-0.3, -0.25) is 4.90 Å². The van der Waals surface area contributed by atoms with Crippen molar-refractivity contribution in [3.05, 3.63) is 35.4 Å². The zero-order valence-corrected chi connectivity index (χ0v) is 12.9. The summed E-state index contributed by atoms with van der Waals surface area (Å²) in [5.41, 5.74) is 3.27. The SMILES string of the molecule is CN1CCN(Cc2ccc(CC(C)(C)C)cc2)CC1. The topological polar surface area (TPSA) is 6.48 Å². The number of rotatable bonds is 3. The predicted octanol–water partition coefficient (Wildman–Crippen LogP) is 3.02. The Morgan fingerprint density at radius 3 is 1.95 bits per heavy atom. The van der Waals surface area contributed by atoms with Gasteiger partial charge in [-0.2, -0.15) is 0 Å². The summed E-state index contributed by atoms with van der Waals surface area (Å²) in [6.07, 6.45) is 1.15. The van der Waals surface area contributed by atoms with Gasteiger partial charge in [-0.1, -0.05) is 45.0 Å². The molecule has 1 heterocycles. The molecule has 0 amide bonds. The summed E-state index contributed by atoms with van der Waals surface area (Å²) in [4.78, 5) is 4.96. The molecule has 2 nitrogen and oxygen atoms in total. The third-order valence-corrected chi connectivity index (χ3v) is 3.76. The van der Waals surface area contributed by atoms with Crippen LogP contribution in [-0.2, 0) is 13.0 Å². The molecule has 0 saturated carbocycles. The summed E-state index contributed by atoms with van der Waals surface area (Å²) in [6, 6.07) is 9.21. The molecule has 0 unspecified atom stereocenters. The second-order valence-electron chi connectivity index (χ2n) is 7.13. The van der Waals surface area contributed by atoms with Crippen molar-refractivity contribution in [2.75, 3.05) is 33.2 Å². The summed E-state index contributed by atoms with van der Waals surface area (Å²) in [5, 5.41) is 0. The van der Waals surface area contributed by atoms with E-state index in [4.69, 9.17) is 0 Å². The number of benzene rings is 1. The van der Waals surface area contributed by atoms with Crippen molar-refractivity contribution < 1.29 is 0 Å². The third-order valence-electron chi connectivity index (χ3n) is 3.76. The highest BCUT2D eigenvalue weighted by molar-refractivity contribution is 5.23. The largest absolute Gasteiger partial charge is 0.304 e. The molecule has 0 aromatic heterocycles. The highest BCUT2D eigenvalue weighted by atomic mass is 15.2. The van der Waals surface area contributed by atoms with E-state index in [0.29, 0.717) is 5.41 Å². The van der Waals surface area contributed by atoms with Crippen LogP contribution in [0.4, 0.5) is 0 Å². The van der Waals surface area contributed by atoms with Crippen LogP contribution >= 0.6 is 0 Å². The first kappa shape index (κ1) is 14.5. The Labute approximate surface area is 118 Å². The Morgan fingerprint density at radius 2 is 1.42 bits per heavy atom. The van der Waals surface area contributed by atoms with Crippen LogP contribution in [0.2, 0.25) is 0 Å². The highest BCUT2D eigenvalue weighted by Gasteiger charge is 2.14. The molecule has 1 saturated heterocycles. The van der Waals surface area contributed by atoms with Gasteiger partial charge in [0.05, 0.1) is 0 Å². The first-order valence-electron chi connectivity index (χ1n) is 7.41. The van der Waals surface area contributed by atoms with Crippen molar-refractivity contribution >= 4 is 0 Å². The molecule has 0 N–H and O–H groups in total. The van der Waals surface area contributed by atoms with E-state index in [1.807, 2.05) is 0 Å². The molecule has 19 heavy (non-hydrogen) atoms. The fraction of sp³-hybridized carbons (Fsp3) is 0.647. The molecule has 0 spiro atoms. The molecule has 0 aliphatic carbocycles. The highest BCUT2D eigenvalue weighted by Crippen LogP contribution is 2.21. The molecule has 2 rings (SSSR count). The van der Waals surface area contributed by atoms with Crippen molar-refractivity contribution in [3.63, 3.8) is 0 Å². The quantitative estimate of drug-likeness (QED) is 0.824. The summed E-state index contributed by atoms with van der Waals surface area (Å²) in [5.74, 6) is 0. The van der Waals surface area contributed by atoms with E-state index in [1.54, 1.807) is 0 Å². The average Bonchev–Trinajstić information content (AvgIpc) is 2.33. The minimum absolute atomic E-state index is 0.374. The summed E-state index contributed by atoms with van der Waals surface area (Å²) < 4.78 is 0. The maximum absolute atomic E-state index is 2.55. The van der Waals surface area contributed by atoms with Gasteiger partial charge in [0.2, 0.25) is 0 Å². The lowest BCUT2D eigenvalue weighted by molar-refractivity contribution is 0.148. The first-order valence-corrected chi connectivity index (χ1v) is 7.41. The maximum Gasteiger partial charge on any atom is 0.0234 e. The van der Waals surface area contributed by atoms with Gasteiger partial charge in [0, 0.05) is 32.7 Å². The fourth-order valence-corrected chi connectivity index (χ4v) is 2.64. The van der Waals surface area contributed by atoms with Crippen molar-refractivity contribution in [1.29, 1.82) is 0 Å². The number of nitrogens with zero attached hydrogens (tertiary/aromatic N) is 2. The second kappa shape index (κ2) is 6.06. The lowest BCUT2D eigenvalue weighted by atomic mass is 9.88. The zero-order valence-electron chi connectivity index (χ0n) is 12.9. The number of hydrogen-bond acceptors (Lipinski definition) is 2.